The molecule has 6 heteroatoms. The molecule has 0 saturated carbocycles. The van der Waals surface area contributed by atoms with Gasteiger partial charge >= 0.3 is 6.18 Å². The summed E-state index contributed by atoms with van der Waals surface area (Å²) in [6.07, 6.45) is -4.29. The Morgan fingerprint density at radius 3 is 2.21 bits per heavy atom. The maximum atomic E-state index is 13.1. The quantitative estimate of drug-likeness (QED) is 0.784. The van der Waals surface area contributed by atoms with Crippen LogP contribution in [0.3, 0.4) is 0 Å². The van der Waals surface area contributed by atoms with Gasteiger partial charge in [-0.15, -0.1) is 0 Å². The largest absolute Gasteiger partial charge is 0.416 e. The Labute approximate surface area is 142 Å². The van der Waals surface area contributed by atoms with Gasteiger partial charge < -0.3 is 4.74 Å². The topological polar surface area (TPSA) is 15.7 Å². The van der Waals surface area contributed by atoms with Crippen LogP contribution < -0.4 is 0 Å². The van der Waals surface area contributed by atoms with E-state index in [9.17, 15) is 13.2 Å². The molecule has 0 N–H and O–H groups in total. The van der Waals surface area contributed by atoms with Crippen molar-refractivity contribution in [2.45, 2.75) is 32.5 Å². The Balaban J connectivity index is 2.03. The number of hydrogen-bond acceptors (Lipinski definition) is 3. The Morgan fingerprint density at radius 2 is 1.67 bits per heavy atom. The molecule has 1 aromatic rings. The summed E-state index contributed by atoms with van der Waals surface area (Å²) >= 11 is 0. The fourth-order valence-corrected chi connectivity index (χ4v) is 2.96. The van der Waals surface area contributed by atoms with E-state index in [-0.39, 0.29) is 5.92 Å². The summed E-state index contributed by atoms with van der Waals surface area (Å²) in [7, 11) is 1.69. The van der Waals surface area contributed by atoms with Crippen molar-refractivity contribution in [1.82, 2.24) is 9.80 Å². The number of alkyl halides is 3. The zero-order chi connectivity index (χ0) is 17.7. The van der Waals surface area contributed by atoms with Crippen molar-refractivity contribution in [3.8, 4) is 0 Å². The molecule has 1 fully saturated rings. The first-order chi connectivity index (χ1) is 11.3. The summed E-state index contributed by atoms with van der Waals surface area (Å²) in [6, 6.07) is 4.48. The zero-order valence-corrected chi connectivity index (χ0v) is 14.7. The van der Waals surface area contributed by atoms with E-state index in [1.165, 1.54) is 12.1 Å². The summed E-state index contributed by atoms with van der Waals surface area (Å²) in [4.78, 5) is 4.55. The molecule has 2 rings (SSSR count). The normalized spacial score (nSPS) is 17.6. The van der Waals surface area contributed by atoms with Crippen molar-refractivity contribution >= 4 is 0 Å². The second-order valence-electron chi connectivity index (χ2n) is 6.73. The molecule has 1 aliphatic rings. The number of methoxy groups -OCH3 is 1. The second-order valence-corrected chi connectivity index (χ2v) is 6.73. The molecule has 1 heterocycles. The summed E-state index contributed by atoms with van der Waals surface area (Å²) in [5.41, 5.74) is 0.958. The van der Waals surface area contributed by atoms with Crippen LogP contribution in [0.5, 0.6) is 0 Å². The van der Waals surface area contributed by atoms with Gasteiger partial charge in [0.05, 0.1) is 12.2 Å². The van der Waals surface area contributed by atoms with Crippen molar-refractivity contribution in [2.24, 2.45) is 0 Å². The van der Waals surface area contributed by atoms with Crippen molar-refractivity contribution in [2.75, 3.05) is 46.4 Å². The minimum Gasteiger partial charge on any atom is -0.383 e. The first kappa shape index (κ1) is 19.2. The molecule has 1 aromatic carbocycles. The lowest BCUT2D eigenvalue weighted by molar-refractivity contribution is -0.137. The van der Waals surface area contributed by atoms with Crippen LogP contribution in [0.15, 0.2) is 18.2 Å². The van der Waals surface area contributed by atoms with Gasteiger partial charge in [0.25, 0.3) is 0 Å². The van der Waals surface area contributed by atoms with E-state index in [2.05, 4.69) is 9.80 Å². The minimum absolute atomic E-state index is 0.0805. The number of nitrogens with zero attached hydrogens (tertiary/aromatic N) is 2. The highest BCUT2D eigenvalue weighted by Crippen LogP contribution is 2.32. The van der Waals surface area contributed by atoms with Crippen molar-refractivity contribution in [3.63, 3.8) is 0 Å². The van der Waals surface area contributed by atoms with Crippen molar-refractivity contribution in [3.05, 3.63) is 34.9 Å². The summed E-state index contributed by atoms with van der Waals surface area (Å²) < 4.78 is 44.5. The highest BCUT2D eigenvalue weighted by atomic mass is 19.4. The van der Waals surface area contributed by atoms with E-state index in [0.29, 0.717) is 13.2 Å². The van der Waals surface area contributed by atoms with Crippen molar-refractivity contribution in [1.29, 1.82) is 0 Å². The molecular weight excluding hydrogens is 317 g/mol. The fraction of sp³-hybridized carbons (Fsp3) is 0.667. The lowest BCUT2D eigenvalue weighted by Crippen LogP contribution is -2.46. The third-order valence-corrected chi connectivity index (χ3v) is 4.49. The average molecular weight is 344 g/mol. The molecule has 0 bridgehead atoms. The molecular formula is C18H27F3N2O. The lowest BCUT2D eigenvalue weighted by Gasteiger charge is -2.34. The Morgan fingerprint density at radius 1 is 1.04 bits per heavy atom. The van der Waals surface area contributed by atoms with Crippen LogP contribution >= 0.6 is 0 Å². The molecule has 0 aromatic heterocycles. The molecule has 0 atom stereocenters. The van der Waals surface area contributed by atoms with E-state index in [0.717, 1.165) is 43.9 Å². The Bertz CT molecular complexity index is 523. The summed E-state index contributed by atoms with van der Waals surface area (Å²) in [6.45, 7) is 9.65. The van der Waals surface area contributed by atoms with Gasteiger partial charge in [0.2, 0.25) is 0 Å². The molecule has 0 radical (unpaired) electrons. The van der Waals surface area contributed by atoms with Gasteiger partial charge in [0, 0.05) is 46.4 Å². The number of halogens is 3. The van der Waals surface area contributed by atoms with Gasteiger partial charge in [0.15, 0.2) is 0 Å². The average Bonchev–Trinajstić information content (AvgIpc) is 2.53. The number of hydrogen-bond donors (Lipinski definition) is 0. The van der Waals surface area contributed by atoms with E-state index < -0.39 is 11.7 Å². The van der Waals surface area contributed by atoms with Gasteiger partial charge in [-0.05, 0) is 29.2 Å². The standard InChI is InChI=1S/C18H27F3N2O/c1-14(2)16-10-15(11-17(12-16)18(19,20)21)13-23-6-4-22(5-7-23)8-9-24-3/h10-12,14H,4-9,13H2,1-3H3. The first-order valence-corrected chi connectivity index (χ1v) is 8.44. The van der Waals surface area contributed by atoms with Gasteiger partial charge in [0.1, 0.15) is 0 Å². The molecule has 0 amide bonds. The van der Waals surface area contributed by atoms with Crippen LogP contribution in [0, 0.1) is 0 Å². The predicted molar refractivity (Wildman–Crippen MR) is 89.1 cm³/mol. The maximum absolute atomic E-state index is 13.1. The number of ether oxygens (including phenoxy) is 1. The van der Waals surface area contributed by atoms with Crippen LogP contribution in [-0.2, 0) is 17.5 Å². The van der Waals surface area contributed by atoms with E-state index in [1.54, 1.807) is 7.11 Å². The van der Waals surface area contributed by atoms with Gasteiger partial charge in [-0.2, -0.15) is 13.2 Å². The van der Waals surface area contributed by atoms with Crippen LogP contribution in [0.2, 0.25) is 0 Å². The summed E-state index contributed by atoms with van der Waals surface area (Å²) in [5.74, 6) is 0.0805. The molecule has 1 saturated heterocycles. The monoisotopic (exact) mass is 344 g/mol. The maximum Gasteiger partial charge on any atom is 0.416 e. The first-order valence-electron chi connectivity index (χ1n) is 8.44. The minimum atomic E-state index is -4.29. The smallest absolute Gasteiger partial charge is 0.383 e. The van der Waals surface area contributed by atoms with E-state index in [1.807, 2.05) is 19.9 Å². The van der Waals surface area contributed by atoms with Gasteiger partial charge in [-0.25, -0.2) is 0 Å². The van der Waals surface area contributed by atoms with Gasteiger partial charge in [-0.1, -0.05) is 19.9 Å². The van der Waals surface area contributed by atoms with Crippen LogP contribution in [0.25, 0.3) is 0 Å². The third-order valence-electron chi connectivity index (χ3n) is 4.49. The highest BCUT2D eigenvalue weighted by molar-refractivity contribution is 5.33. The SMILES string of the molecule is COCCN1CCN(Cc2cc(C(C)C)cc(C(F)(F)F)c2)CC1. The fourth-order valence-electron chi connectivity index (χ4n) is 2.96. The highest BCUT2D eigenvalue weighted by Gasteiger charge is 2.31. The molecule has 1 aliphatic heterocycles. The second kappa shape index (κ2) is 8.32. The molecule has 136 valence electrons. The van der Waals surface area contributed by atoms with E-state index in [4.69, 9.17) is 4.74 Å². The number of rotatable bonds is 6. The number of benzene rings is 1. The lowest BCUT2D eigenvalue weighted by atomic mass is 9.97. The van der Waals surface area contributed by atoms with Crippen LogP contribution in [0.1, 0.15) is 36.5 Å². The number of piperazine rings is 1. The Hall–Kier alpha value is -1.11. The summed E-state index contributed by atoms with van der Waals surface area (Å²) in [5, 5.41) is 0. The zero-order valence-electron chi connectivity index (χ0n) is 14.7. The Kier molecular flexibility index (Phi) is 6.66. The molecule has 0 aliphatic carbocycles. The molecule has 0 unspecified atom stereocenters. The van der Waals surface area contributed by atoms with Crippen molar-refractivity contribution < 1.29 is 17.9 Å². The van der Waals surface area contributed by atoms with Gasteiger partial charge in [-0.3, -0.25) is 9.80 Å². The third kappa shape index (κ3) is 5.46. The predicted octanol–water partition coefficient (Wildman–Crippen LogP) is 3.59. The van der Waals surface area contributed by atoms with Crippen LogP contribution in [0.4, 0.5) is 13.2 Å². The molecule has 24 heavy (non-hydrogen) atoms. The van der Waals surface area contributed by atoms with Crippen LogP contribution in [-0.4, -0.2) is 56.2 Å². The molecule has 0 spiro atoms. The van der Waals surface area contributed by atoms with E-state index >= 15 is 0 Å². The molecule has 3 nitrogen and oxygen atoms in total.